The van der Waals surface area contributed by atoms with E-state index >= 15 is 0 Å². The summed E-state index contributed by atoms with van der Waals surface area (Å²) in [4.78, 5) is 16.8. The molecule has 1 saturated heterocycles. The van der Waals surface area contributed by atoms with Crippen LogP contribution in [-0.4, -0.2) is 54.1 Å². The van der Waals surface area contributed by atoms with E-state index in [4.69, 9.17) is 9.47 Å². The highest BCUT2D eigenvalue weighted by atomic mass is 16.5. The molecule has 3 aromatic rings. The van der Waals surface area contributed by atoms with Crippen LogP contribution in [0.1, 0.15) is 24.4 Å². The molecule has 9 heteroatoms. The third-order valence-corrected chi connectivity index (χ3v) is 5.06. The molecule has 1 unspecified atom stereocenters. The number of nitrogens with one attached hydrogen (secondary N) is 4. The number of ether oxygens (including phenoxy) is 2. The molecular weight excluding hydrogens is 384 g/mol. The Morgan fingerprint density at radius 2 is 2.07 bits per heavy atom. The van der Waals surface area contributed by atoms with Crippen molar-refractivity contribution in [3.8, 4) is 5.88 Å². The number of aromatic nitrogens is 3. The third-order valence-electron chi connectivity index (χ3n) is 5.06. The summed E-state index contributed by atoms with van der Waals surface area (Å²) in [6.07, 6.45) is 3.71. The predicted octanol–water partition coefficient (Wildman–Crippen LogP) is 2.60. The molecule has 30 heavy (non-hydrogen) atoms. The normalized spacial score (nSPS) is 15.6. The Bertz CT molecular complexity index is 971. The standard InChI is InChI=1S/C21H26N6O3/c1-29-13-18(14-5-3-2-4-6-14)24-21(28)25-19-11-17-16(12-23-19)20(27-26-17)30-15-7-9-22-10-8-15/h2-6,11-12,15,18,22H,7-10,13H2,1H3,(H,26,27)(H2,23,24,25,28). The van der Waals surface area contributed by atoms with E-state index in [0.29, 0.717) is 18.3 Å². The van der Waals surface area contributed by atoms with Crippen molar-refractivity contribution in [2.24, 2.45) is 0 Å². The van der Waals surface area contributed by atoms with Gasteiger partial charge in [0.15, 0.2) is 0 Å². The van der Waals surface area contributed by atoms with Crippen LogP contribution >= 0.6 is 0 Å². The molecule has 3 heterocycles. The number of amides is 2. The highest BCUT2D eigenvalue weighted by molar-refractivity contribution is 5.92. The molecule has 0 radical (unpaired) electrons. The van der Waals surface area contributed by atoms with Crippen molar-refractivity contribution in [2.75, 3.05) is 32.1 Å². The Balaban J connectivity index is 1.41. The van der Waals surface area contributed by atoms with Gasteiger partial charge < -0.3 is 20.1 Å². The Morgan fingerprint density at radius 1 is 1.27 bits per heavy atom. The maximum absolute atomic E-state index is 12.5. The molecule has 2 aromatic heterocycles. The van der Waals surface area contributed by atoms with Gasteiger partial charge in [-0.25, -0.2) is 9.78 Å². The van der Waals surface area contributed by atoms with Crippen LogP contribution in [0.25, 0.3) is 10.9 Å². The van der Waals surface area contributed by atoms with Crippen LogP contribution in [0.15, 0.2) is 42.6 Å². The van der Waals surface area contributed by atoms with Crippen molar-refractivity contribution < 1.29 is 14.3 Å². The fourth-order valence-corrected chi connectivity index (χ4v) is 3.50. The van der Waals surface area contributed by atoms with E-state index in [1.165, 1.54) is 0 Å². The number of benzene rings is 1. The van der Waals surface area contributed by atoms with Crippen molar-refractivity contribution >= 4 is 22.8 Å². The van der Waals surface area contributed by atoms with Gasteiger partial charge in [-0.2, -0.15) is 0 Å². The lowest BCUT2D eigenvalue weighted by Gasteiger charge is -2.22. The number of rotatable bonds is 7. The quantitative estimate of drug-likeness (QED) is 0.476. The van der Waals surface area contributed by atoms with Gasteiger partial charge in [0.2, 0.25) is 5.88 Å². The molecule has 2 amide bonds. The molecule has 0 saturated carbocycles. The Kier molecular flexibility index (Phi) is 6.41. The molecule has 0 spiro atoms. The monoisotopic (exact) mass is 410 g/mol. The lowest BCUT2D eigenvalue weighted by atomic mass is 10.1. The molecule has 1 aliphatic rings. The van der Waals surface area contributed by atoms with Crippen LogP contribution in [0.3, 0.4) is 0 Å². The molecule has 1 atom stereocenters. The molecule has 4 rings (SSSR count). The number of piperidine rings is 1. The molecule has 1 aromatic carbocycles. The summed E-state index contributed by atoms with van der Waals surface area (Å²) >= 11 is 0. The van der Waals surface area contributed by atoms with Gasteiger partial charge in [-0.05, 0) is 31.5 Å². The number of H-pyrrole nitrogens is 1. The Hall–Kier alpha value is -3.17. The number of methoxy groups -OCH3 is 1. The van der Waals surface area contributed by atoms with Gasteiger partial charge in [0.1, 0.15) is 11.9 Å². The summed E-state index contributed by atoms with van der Waals surface area (Å²) < 4.78 is 11.3. The van der Waals surface area contributed by atoms with E-state index in [9.17, 15) is 4.79 Å². The predicted molar refractivity (Wildman–Crippen MR) is 114 cm³/mol. The van der Waals surface area contributed by atoms with Crippen LogP contribution < -0.4 is 20.7 Å². The van der Waals surface area contributed by atoms with Gasteiger partial charge in [0, 0.05) is 19.4 Å². The minimum atomic E-state index is -0.363. The maximum Gasteiger partial charge on any atom is 0.320 e. The van der Waals surface area contributed by atoms with Crippen LogP contribution in [-0.2, 0) is 4.74 Å². The number of aromatic amines is 1. The van der Waals surface area contributed by atoms with Crippen LogP contribution in [0.4, 0.5) is 10.6 Å². The zero-order chi connectivity index (χ0) is 20.8. The lowest BCUT2D eigenvalue weighted by Crippen LogP contribution is -2.35. The summed E-state index contributed by atoms with van der Waals surface area (Å²) in [5.41, 5.74) is 1.71. The number of anilines is 1. The van der Waals surface area contributed by atoms with Crippen molar-refractivity contribution in [1.82, 2.24) is 25.8 Å². The maximum atomic E-state index is 12.5. The minimum Gasteiger partial charge on any atom is -0.473 e. The van der Waals surface area contributed by atoms with E-state index in [2.05, 4.69) is 31.1 Å². The highest BCUT2D eigenvalue weighted by Gasteiger charge is 2.19. The zero-order valence-corrected chi connectivity index (χ0v) is 16.9. The second-order valence-corrected chi connectivity index (χ2v) is 7.23. The van der Waals surface area contributed by atoms with Gasteiger partial charge in [-0.1, -0.05) is 30.3 Å². The minimum absolute atomic E-state index is 0.150. The number of hydrogen-bond donors (Lipinski definition) is 4. The van der Waals surface area contributed by atoms with E-state index in [0.717, 1.165) is 42.4 Å². The van der Waals surface area contributed by atoms with Crippen molar-refractivity contribution in [3.63, 3.8) is 0 Å². The van der Waals surface area contributed by atoms with Crippen molar-refractivity contribution in [1.29, 1.82) is 0 Å². The van der Waals surface area contributed by atoms with Gasteiger partial charge >= 0.3 is 6.03 Å². The average molecular weight is 410 g/mol. The summed E-state index contributed by atoms with van der Waals surface area (Å²) in [5.74, 6) is 0.964. The number of hydrogen-bond acceptors (Lipinski definition) is 6. The first-order valence-corrected chi connectivity index (χ1v) is 10.1. The fourth-order valence-electron chi connectivity index (χ4n) is 3.50. The smallest absolute Gasteiger partial charge is 0.320 e. The highest BCUT2D eigenvalue weighted by Crippen LogP contribution is 2.26. The van der Waals surface area contributed by atoms with Gasteiger partial charge in [-0.15, -0.1) is 5.10 Å². The Morgan fingerprint density at radius 3 is 2.83 bits per heavy atom. The summed E-state index contributed by atoms with van der Waals surface area (Å²) in [7, 11) is 1.60. The number of urea groups is 1. The molecule has 158 valence electrons. The van der Waals surface area contributed by atoms with Crippen molar-refractivity contribution in [3.05, 3.63) is 48.2 Å². The molecule has 0 aliphatic carbocycles. The summed E-state index contributed by atoms with van der Waals surface area (Å²) in [6.45, 7) is 2.25. The number of nitrogens with zero attached hydrogens (tertiary/aromatic N) is 2. The SMILES string of the molecule is COCC(NC(=O)Nc1cc2[nH]nc(OC3CCNCC3)c2cn1)c1ccccc1. The molecular formula is C21H26N6O3. The number of pyridine rings is 1. The van der Waals surface area contributed by atoms with E-state index in [1.807, 2.05) is 30.3 Å². The average Bonchev–Trinajstić information content (AvgIpc) is 3.16. The molecule has 1 fully saturated rings. The summed E-state index contributed by atoms with van der Waals surface area (Å²) in [5, 5.41) is 17.0. The van der Waals surface area contributed by atoms with Crippen molar-refractivity contribution in [2.45, 2.75) is 25.0 Å². The number of fused-ring (bicyclic) bond motifs is 1. The molecule has 1 aliphatic heterocycles. The van der Waals surface area contributed by atoms with Gasteiger partial charge in [-0.3, -0.25) is 10.4 Å². The molecule has 9 nitrogen and oxygen atoms in total. The first-order chi connectivity index (χ1) is 14.7. The lowest BCUT2D eigenvalue weighted by molar-refractivity contribution is 0.157. The summed E-state index contributed by atoms with van der Waals surface area (Å²) in [6, 6.07) is 10.8. The first kappa shape index (κ1) is 20.1. The second-order valence-electron chi connectivity index (χ2n) is 7.23. The Labute approximate surface area is 174 Å². The largest absolute Gasteiger partial charge is 0.473 e. The van der Waals surface area contributed by atoms with Crippen LogP contribution in [0.5, 0.6) is 5.88 Å². The molecule has 0 bridgehead atoms. The third kappa shape index (κ3) is 4.87. The topological polar surface area (TPSA) is 113 Å². The molecule has 4 N–H and O–H groups in total. The second kappa shape index (κ2) is 9.55. The van der Waals surface area contributed by atoms with Crippen LogP contribution in [0, 0.1) is 0 Å². The number of carbonyl (C=O) groups excluding carboxylic acids is 1. The van der Waals surface area contributed by atoms with E-state index in [-0.39, 0.29) is 18.2 Å². The fraction of sp³-hybridized carbons (Fsp3) is 0.381. The number of carbonyl (C=O) groups is 1. The van der Waals surface area contributed by atoms with Gasteiger partial charge in [0.05, 0.1) is 23.6 Å². The zero-order valence-electron chi connectivity index (χ0n) is 16.9. The first-order valence-electron chi connectivity index (χ1n) is 10.1. The van der Waals surface area contributed by atoms with E-state index < -0.39 is 0 Å². The van der Waals surface area contributed by atoms with Crippen LogP contribution in [0.2, 0.25) is 0 Å². The van der Waals surface area contributed by atoms with Gasteiger partial charge in [0.25, 0.3) is 0 Å². The van der Waals surface area contributed by atoms with E-state index in [1.54, 1.807) is 19.4 Å².